The zero-order chi connectivity index (χ0) is 15.6. The van der Waals surface area contributed by atoms with Crippen LogP contribution in [0.5, 0.6) is 0 Å². The summed E-state index contributed by atoms with van der Waals surface area (Å²) in [7, 11) is -1.83. The highest BCUT2D eigenvalue weighted by atomic mass is 35.5. The Balaban J connectivity index is 2.30. The Labute approximate surface area is 131 Å². The smallest absolute Gasteiger partial charge is 0.244 e. The van der Waals surface area contributed by atoms with Gasteiger partial charge in [0.25, 0.3) is 0 Å². The van der Waals surface area contributed by atoms with Gasteiger partial charge in [0.2, 0.25) is 10.0 Å². The van der Waals surface area contributed by atoms with Gasteiger partial charge in [0, 0.05) is 44.2 Å². The molecule has 5 nitrogen and oxygen atoms in total. The number of hydrogen-bond acceptors (Lipinski definition) is 3. The van der Waals surface area contributed by atoms with Crippen LogP contribution in [0.1, 0.15) is 38.4 Å². The Morgan fingerprint density at radius 1 is 1.43 bits per heavy atom. The molecule has 0 atom stereocenters. The maximum atomic E-state index is 12.8. The molecule has 2 heterocycles. The van der Waals surface area contributed by atoms with Gasteiger partial charge in [-0.2, -0.15) is 4.31 Å². The van der Waals surface area contributed by atoms with Crippen LogP contribution in [0, 0.1) is 0 Å². The van der Waals surface area contributed by atoms with Gasteiger partial charge in [-0.3, -0.25) is 0 Å². The van der Waals surface area contributed by atoms with Crippen molar-refractivity contribution in [3.05, 3.63) is 18.0 Å². The first kappa shape index (κ1) is 16.8. The van der Waals surface area contributed by atoms with Crippen LogP contribution in [-0.4, -0.2) is 43.6 Å². The standard InChI is InChI=1S/C14H23ClN2O3S/c1-11(2)17-10-14(8-13(17)9-15)21(18,19)16(3)12-4-6-20-7-5-12/h8,10-12H,4-7,9H2,1-3H3. The molecule has 0 spiro atoms. The van der Waals surface area contributed by atoms with Crippen molar-refractivity contribution in [3.63, 3.8) is 0 Å². The van der Waals surface area contributed by atoms with Crippen molar-refractivity contribution in [1.29, 1.82) is 0 Å². The number of nitrogens with zero attached hydrogens (tertiary/aromatic N) is 2. The normalized spacial score (nSPS) is 17.8. The maximum absolute atomic E-state index is 12.8. The number of sulfonamides is 1. The van der Waals surface area contributed by atoms with Gasteiger partial charge in [-0.1, -0.05) is 0 Å². The molecular formula is C14H23ClN2O3S. The fourth-order valence-electron chi connectivity index (χ4n) is 2.64. The molecule has 0 radical (unpaired) electrons. The Kier molecular flexibility index (Phi) is 5.35. The molecule has 0 aliphatic carbocycles. The molecule has 1 aliphatic rings. The summed E-state index contributed by atoms with van der Waals surface area (Å²) in [5.74, 6) is 0.300. The molecule has 1 aliphatic heterocycles. The number of halogens is 1. The fourth-order valence-corrected chi connectivity index (χ4v) is 4.32. The minimum atomic E-state index is -3.49. The van der Waals surface area contributed by atoms with E-state index in [9.17, 15) is 8.42 Å². The van der Waals surface area contributed by atoms with Gasteiger partial charge < -0.3 is 9.30 Å². The van der Waals surface area contributed by atoms with Crippen LogP contribution < -0.4 is 0 Å². The highest BCUT2D eigenvalue weighted by Gasteiger charge is 2.30. The van der Waals surface area contributed by atoms with Crippen molar-refractivity contribution in [3.8, 4) is 0 Å². The minimum absolute atomic E-state index is 0.00519. The first-order valence-electron chi connectivity index (χ1n) is 7.20. The van der Waals surface area contributed by atoms with Crippen LogP contribution in [0.25, 0.3) is 0 Å². The third-order valence-corrected chi connectivity index (χ3v) is 6.13. The summed E-state index contributed by atoms with van der Waals surface area (Å²) in [6, 6.07) is 1.86. The molecule has 120 valence electrons. The average Bonchev–Trinajstić information content (AvgIpc) is 2.92. The number of aromatic nitrogens is 1. The van der Waals surface area contributed by atoms with Crippen LogP contribution in [-0.2, 0) is 20.6 Å². The SMILES string of the molecule is CC(C)n1cc(S(=O)(=O)N(C)C2CCOCC2)cc1CCl. The predicted octanol–water partition coefficient (Wildman–Crippen LogP) is 2.61. The zero-order valence-electron chi connectivity index (χ0n) is 12.8. The van der Waals surface area contributed by atoms with E-state index in [0.29, 0.717) is 24.0 Å². The van der Waals surface area contributed by atoms with E-state index in [2.05, 4.69) is 0 Å². The van der Waals surface area contributed by atoms with Crippen LogP contribution in [0.2, 0.25) is 0 Å². The predicted molar refractivity (Wildman–Crippen MR) is 83.2 cm³/mol. The maximum Gasteiger partial charge on any atom is 0.244 e. The summed E-state index contributed by atoms with van der Waals surface area (Å²) >= 11 is 5.92. The number of rotatable bonds is 5. The summed E-state index contributed by atoms with van der Waals surface area (Å²) in [4.78, 5) is 0.320. The van der Waals surface area contributed by atoms with E-state index in [1.165, 1.54) is 4.31 Å². The van der Waals surface area contributed by atoms with Gasteiger partial charge >= 0.3 is 0 Å². The molecule has 0 unspecified atom stereocenters. The molecular weight excluding hydrogens is 312 g/mol. The Bertz CT molecular complexity index is 577. The van der Waals surface area contributed by atoms with Crippen molar-refractivity contribution in [2.45, 2.75) is 49.5 Å². The van der Waals surface area contributed by atoms with Gasteiger partial charge in [-0.25, -0.2) is 8.42 Å². The Morgan fingerprint density at radius 3 is 2.52 bits per heavy atom. The second kappa shape index (κ2) is 6.69. The molecule has 0 N–H and O–H groups in total. The fraction of sp³-hybridized carbons (Fsp3) is 0.714. The lowest BCUT2D eigenvalue weighted by molar-refractivity contribution is 0.0632. The van der Waals surface area contributed by atoms with Crippen molar-refractivity contribution in [2.75, 3.05) is 20.3 Å². The van der Waals surface area contributed by atoms with Crippen LogP contribution >= 0.6 is 11.6 Å². The molecule has 0 amide bonds. The van der Waals surface area contributed by atoms with Gasteiger partial charge in [-0.05, 0) is 32.8 Å². The van der Waals surface area contributed by atoms with Crippen molar-refractivity contribution < 1.29 is 13.2 Å². The summed E-state index contributed by atoms with van der Waals surface area (Å²) in [6.45, 7) is 5.25. The molecule has 1 aromatic heterocycles. The largest absolute Gasteiger partial charge is 0.381 e. The quantitative estimate of drug-likeness (QED) is 0.778. The highest BCUT2D eigenvalue weighted by molar-refractivity contribution is 7.89. The average molecular weight is 335 g/mol. The topological polar surface area (TPSA) is 51.5 Å². The van der Waals surface area contributed by atoms with E-state index in [4.69, 9.17) is 16.3 Å². The number of alkyl halides is 1. The van der Waals surface area contributed by atoms with Crippen molar-refractivity contribution >= 4 is 21.6 Å². The van der Waals surface area contributed by atoms with Crippen LogP contribution in [0.4, 0.5) is 0 Å². The van der Waals surface area contributed by atoms with Crippen molar-refractivity contribution in [1.82, 2.24) is 8.87 Å². The van der Waals surface area contributed by atoms with E-state index in [0.717, 1.165) is 18.5 Å². The van der Waals surface area contributed by atoms with E-state index in [-0.39, 0.29) is 12.1 Å². The first-order valence-corrected chi connectivity index (χ1v) is 9.18. The molecule has 1 saturated heterocycles. The summed E-state index contributed by atoms with van der Waals surface area (Å²) in [5.41, 5.74) is 0.825. The van der Waals surface area contributed by atoms with E-state index in [1.807, 2.05) is 18.4 Å². The molecule has 1 aromatic rings. The van der Waals surface area contributed by atoms with Gasteiger partial charge in [-0.15, -0.1) is 11.6 Å². The lowest BCUT2D eigenvalue weighted by atomic mass is 10.1. The third kappa shape index (κ3) is 3.44. The molecule has 7 heteroatoms. The van der Waals surface area contributed by atoms with Gasteiger partial charge in [0.05, 0.1) is 5.88 Å². The van der Waals surface area contributed by atoms with E-state index < -0.39 is 10.0 Å². The van der Waals surface area contributed by atoms with E-state index >= 15 is 0 Å². The van der Waals surface area contributed by atoms with Crippen molar-refractivity contribution in [2.24, 2.45) is 0 Å². The molecule has 21 heavy (non-hydrogen) atoms. The lowest BCUT2D eigenvalue weighted by Gasteiger charge is -2.30. The van der Waals surface area contributed by atoms with E-state index in [1.54, 1.807) is 19.3 Å². The third-order valence-electron chi connectivity index (χ3n) is 3.98. The Morgan fingerprint density at radius 2 is 2.05 bits per heavy atom. The zero-order valence-corrected chi connectivity index (χ0v) is 14.3. The summed E-state index contributed by atoms with van der Waals surface area (Å²) in [6.07, 6.45) is 3.17. The molecule has 0 bridgehead atoms. The van der Waals surface area contributed by atoms with Gasteiger partial charge in [0.15, 0.2) is 0 Å². The highest BCUT2D eigenvalue weighted by Crippen LogP contribution is 2.25. The first-order chi connectivity index (χ1) is 9.87. The second-order valence-corrected chi connectivity index (χ2v) is 7.93. The Hall–Kier alpha value is -0.560. The van der Waals surface area contributed by atoms with Gasteiger partial charge in [0.1, 0.15) is 4.90 Å². The molecule has 2 rings (SSSR count). The summed E-state index contributed by atoms with van der Waals surface area (Å²) in [5, 5.41) is 0. The summed E-state index contributed by atoms with van der Waals surface area (Å²) < 4.78 is 34.2. The molecule has 0 saturated carbocycles. The molecule has 0 aromatic carbocycles. The number of ether oxygens (including phenoxy) is 1. The lowest BCUT2D eigenvalue weighted by Crippen LogP contribution is -2.40. The number of hydrogen-bond donors (Lipinski definition) is 0. The monoisotopic (exact) mass is 334 g/mol. The van der Waals surface area contributed by atoms with Crippen LogP contribution in [0.3, 0.4) is 0 Å². The molecule has 1 fully saturated rings. The van der Waals surface area contributed by atoms with Crippen LogP contribution in [0.15, 0.2) is 17.2 Å². The second-order valence-electron chi connectivity index (χ2n) is 5.67. The minimum Gasteiger partial charge on any atom is -0.381 e.